The third-order valence-corrected chi connectivity index (χ3v) is 7.59. The second-order valence-corrected chi connectivity index (χ2v) is 10.1. The molecule has 0 spiro atoms. The van der Waals surface area contributed by atoms with Gasteiger partial charge in [0.2, 0.25) is 0 Å². The van der Waals surface area contributed by atoms with E-state index in [2.05, 4.69) is 41.2 Å². The maximum absolute atomic E-state index is 13.9. The maximum atomic E-state index is 13.9. The van der Waals surface area contributed by atoms with Crippen LogP contribution >= 0.6 is 0 Å². The molecule has 0 atom stereocenters. The summed E-state index contributed by atoms with van der Waals surface area (Å²) in [6, 6.07) is 12.4. The zero-order valence-corrected chi connectivity index (χ0v) is 21.1. The van der Waals surface area contributed by atoms with Gasteiger partial charge < -0.3 is 0 Å². The van der Waals surface area contributed by atoms with E-state index in [1.54, 1.807) is 12.4 Å². The van der Waals surface area contributed by atoms with Crippen LogP contribution in [0.2, 0.25) is 0 Å². The van der Waals surface area contributed by atoms with Gasteiger partial charge >= 0.3 is 0 Å². The number of hydrogen-bond acceptors (Lipinski definition) is 3. The topological polar surface area (TPSA) is 49.6 Å². The highest BCUT2D eigenvalue weighted by Gasteiger charge is 2.22. The van der Waals surface area contributed by atoms with Gasteiger partial charge in [-0.25, -0.2) is 18.7 Å². The molecule has 0 radical (unpaired) electrons. The van der Waals surface area contributed by atoms with Gasteiger partial charge in [-0.3, -0.25) is 0 Å². The highest BCUT2D eigenvalue weighted by molar-refractivity contribution is 5.64. The largest absolute Gasteiger partial charge is 0.236 e. The minimum Gasteiger partial charge on any atom is -0.236 e. The van der Waals surface area contributed by atoms with Gasteiger partial charge in [-0.05, 0) is 60.8 Å². The minimum absolute atomic E-state index is 0.206. The van der Waals surface area contributed by atoms with Crippen molar-refractivity contribution in [2.75, 3.05) is 0 Å². The molecule has 3 aromatic rings. The minimum atomic E-state index is -0.910. The van der Waals surface area contributed by atoms with Crippen molar-refractivity contribution in [3.63, 3.8) is 0 Å². The third kappa shape index (κ3) is 6.55. The number of aromatic nitrogens is 2. The van der Waals surface area contributed by atoms with Gasteiger partial charge in [0.25, 0.3) is 0 Å². The molecule has 36 heavy (non-hydrogen) atoms. The molecule has 1 saturated carbocycles. The van der Waals surface area contributed by atoms with Gasteiger partial charge in [0.1, 0.15) is 23.3 Å². The monoisotopic (exact) mass is 487 g/mol. The Balaban J connectivity index is 1.30. The summed E-state index contributed by atoms with van der Waals surface area (Å²) in [5.74, 6) is -0.0603. The molecule has 0 bridgehead atoms. The molecule has 1 fully saturated rings. The van der Waals surface area contributed by atoms with Crippen LogP contribution in [0.5, 0.6) is 0 Å². The molecule has 1 aromatic heterocycles. The SMILES string of the molecule is CCCCCCCC[C@H]1CC[C@H](c2ccc(-c3cnc(-c4cc(F)c(C#N)c(F)c4)nc3)cc2)CC1. The van der Waals surface area contributed by atoms with Crippen LogP contribution in [0.15, 0.2) is 48.8 Å². The Hall–Kier alpha value is -3.13. The Morgan fingerprint density at radius 1 is 0.806 bits per heavy atom. The van der Waals surface area contributed by atoms with E-state index in [9.17, 15) is 8.78 Å². The van der Waals surface area contributed by atoms with Crippen LogP contribution in [0.25, 0.3) is 22.5 Å². The molecule has 1 aliphatic rings. The van der Waals surface area contributed by atoms with Gasteiger partial charge in [-0.15, -0.1) is 0 Å². The molecular formula is C31H35F2N3. The number of unbranched alkanes of at least 4 members (excludes halogenated alkanes) is 5. The van der Waals surface area contributed by atoms with Crippen molar-refractivity contribution in [3.8, 4) is 28.6 Å². The fourth-order valence-corrected chi connectivity index (χ4v) is 5.38. The first-order chi connectivity index (χ1) is 17.6. The average molecular weight is 488 g/mol. The van der Waals surface area contributed by atoms with Gasteiger partial charge in [0.05, 0.1) is 0 Å². The zero-order valence-electron chi connectivity index (χ0n) is 21.1. The normalized spacial score (nSPS) is 17.6. The first-order valence-corrected chi connectivity index (χ1v) is 13.4. The molecule has 0 unspecified atom stereocenters. The van der Waals surface area contributed by atoms with Crippen molar-refractivity contribution in [1.29, 1.82) is 5.26 Å². The molecule has 3 nitrogen and oxygen atoms in total. The van der Waals surface area contributed by atoms with Gasteiger partial charge in [-0.1, -0.05) is 76.1 Å². The lowest BCUT2D eigenvalue weighted by molar-refractivity contribution is 0.302. The Bertz CT molecular complexity index is 1130. The van der Waals surface area contributed by atoms with Crippen molar-refractivity contribution < 1.29 is 8.78 Å². The van der Waals surface area contributed by atoms with E-state index in [1.807, 2.05) is 0 Å². The van der Waals surface area contributed by atoms with E-state index in [1.165, 1.54) is 82.3 Å². The molecular weight excluding hydrogens is 452 g/mol. The Morgan fingerprint density at radius 2 is 1.42 bits per heavy atom. The van der Waals surface area contributed by atoms with Crippen LogP contribution in [0, 0.1) is 28.9 Å². The van der Waals surface area contributed by atoms with Crippen molar-refractivity contribution in [2.45, 2.75) is 83.5 Å². The lowest BCUT2D eigenvalue weighted by atomic mass is 9.77. The Kier molecular flexibility index (Phi) is 9.17. The third-order valence-electron chi connectivity index (χ3n) is 7.59. The molecule has 4 rings (SSSR count). The fraction of sp³-hybridized carbons (Fsp3) is 0.452. The van der Waals surface area contributed by atoms with Gasteiger partial charge in [-0.2, -0.15) is 5.26 Å². The molecule has 5 heteroatoms. The van der Waals surface area contributed by atoms with Crippen LogP contribution in [0.4, 0.5) is 8.78 Å². The first-order valence-electron chi connectivity index (χ1n) is 13.4. The predicted molar refractivity (Wildman–Crippen MR) is 140 cm³/mol. The van der Waals surface area contributed by atoms with Crippen molar-refractivity contribution >= 4 is 0 Å². The van der Waals surface area contributed by atoms with Gasteiger partial charge in [0, 0.05) is 23.5 Å². The summed E-state index contributed by atoms with van der Waals surface area (Å²) in [5, 5.41) is 8.84. The number of benzene rings is 2. The molecule has 2 aromatic carbocycles. The van der Waals surface area contributed by atoms with Crippen LogP contribution in [0.1, 0.15) is 94.6 Å². The summed E-state index contributed by atoms with van der Waals surface area (Å²) < 4.78 is 27.9. The van der Waals surface area contributed by atoms with E-state index in [0.29, 0.717) is 5.92 Å². The van der Waals surface area contributed by atoms with Crippen LogP contribution in [-0.2, 0) is 0 Å². The number of nitriles is 1. The van der Waals surface area contributed by atoms with Crippen LogP contribution in [0.3, 0.4) is 0 Å². The summed E-state index contributed by atoms with van der Waals surface area (Å²) in [5.41, 5.74) is 2.87. The van der Waals surface area contributed by atoms with E-state index in [4.69, 9.17) is 5.26 Å². The highest BCUT2D eigenvalue weighted by Crippen LogP contribution is 2.38. The summed E-state index contributed by atoms with van der Waals surface area (Å²) in [7, 11) is 0. The summed E-state index contributed by atoms with van der Waals surface area (Å²) in [4.78, 5) is 8.60. The molecule has 188 valence electrons. The Labute approximate surface area is 213 Å². The lowest BCUT2D eigenvalue weighted by Gasteiger charge is -2.29. The van der Waals surface area contributed by atoms with Crippen molar-refractivity contribution in [2.24, 2.45) is 5.92 Å². The highest BCUT2D eigenvalue weighted by atomic mass is 19.1. The number of nitrogens with zero attached hydrogens (tertiary/aromatic N) is 3. The van der Waals surface area contributed by atoms with E-state index >= 15 is 0 Å². The van der Waals surface area contributed by atoms with Crippen molar-refractivity contribution in [3.05, 3.63) is 71.6 Å². The number of hydrogen-bond donors (Lipinski definition) is 0. The molecule has 0 aliphatic heterocycles. The quantitative estimate of drug-likeness (QED) is 0.268. The Morgan fingerprint density at radius 3 is 2.03 bits per heavy atom. The summed E-state index contributed by atoms with van der Waals surface area (Å²) in [6.07, 6.45) is 18.2. The second-order valence-electron chi connectivity index (χ2n) is 10.1. The maximum Gasteiger partial charge on any atom is 0.159 e. The van der Waals surface area contributed by atoms with Gasteiger partial charge in [0.15, 0.2) is 5.82 Å². The number of rotatable bonds is 10. The van der Waals surface area contributed by atoms with Crippen LogP contribution in [-0.4, -0.2) is 9.97 Å². The molecule has 1 aliphatic carbocycles. The standard InChI is InChI=1S/C31H35F2N3/c1-2-3-4-5-6-7-8-22-9-11-23(12-10-22)24-13-15-25(16-14-24)27-20-35-31(36-21-27)26-17-29(32)28(19-34)30(33)18-26/h13-18,20-23H,2-12H2,1H3/t22-,23-. The van der Waals surface area contributed by atoms with Crippen molar-refractivity contribution in [1.82, 2.24) is 9.97 Å². The fourth-order valence-electron chi connectivity index (χ4n) is 5.38. The summed E-state index contributed by atoms with van der Waals surface area (Å²) in [6.45, 7) is 2.27. The molecule has 0 N–H and O–H groups in total. The molecule has 0 saturated heterocycles. The van der Waals surface area contributed by atoms with E-state index < -0.39 is 17.2 Å². The average Bonchev–Trinajstić information content (AvgIpc) is 2.91. The second kappa shape index (κ2) is 12.7. The smallest absolute Gasteiger partial charge is 0.159 e. The zero-order chi connectivity index (χ0) is 25.3. The van der Waals surface area contributed by atoms with E-state index in [0.717, 1.165) is 29.2 Å². The predicted octanol–water partition coefficient (Wildman–Crippen LogP) is 8.98. The lowest BCUT2D eigenvalue weighted by Crippen LogP contribution is -2.13. The summed E-state index contributed by atoms with van der Waals surface area (Å²) >= 11 is 0. The van der Waals surface area contributed by atoms with E-state index in [-0.39, 0.29) is 11.4 Å². The molecule has 0 amide bonds. The first kappa shape index (κ1) is 25.9. The number of halogens is 2. The van der Waals surface area contributed by atoms with Crippen LogP contribution < -0.4 is 0 Å². The molecule has 1 heterocycles.